The number of piperidine rings is 1. The first-order valence-electron chi connectivity index (χ1n) is 6.18. The first kappa shape index (κ1) is 14.9. The van der Waals surface area contributed by atoms with Gasteiger partial charge in [-0.25, -0.2) is 12.7 Å². The number of hydrogen-bond donors (Lipinski definition) is 1. The van der Waals surface area contributed by atoms with Gasteiger partial charge in [0.25, 0.3) is 0 Å². The van der Waals surface area contributed by atoms with E-state index in [0.29, 0.717) is 19.0 Å². The van der Waals surface area contributed by atoms with Crippen LogP contribution in [0.5, 0.6) is 0 Å². The molecule has 1 N–H and O–H groups in total. The van der Waals surface area contributed by atoms with Crippen molar-refractivity contribution in [3.8, 4) is 0 Å². The minimum absolute atomic E-state index is 0.213. The maximum Gasteiger partial charge on any atom is 0.211 e. The van der Waals surface area contributed by atoms with Crippen LogP contribution in [0.3, 0.4) is 0 Å². The summed E-state index contributed by atoms with van der Waals surface area (Å²) in [4.78, 5) is 2.17. The van der Waals surface area contributed by atoms with E-state index in [2.05, 4.69) is 4.90 Å². The van der Waals surface area contributed by atoms with Crippen LogP contribution in [0.15, 0.2) is 0 Å². The number of hydrogen-bond acceptors (Lipinski definition) is 4. The summed E-state index contributed by atoms with van der Waals surface area (Å²) in [6.45, 7) is 3.29. The van der Waals surface area contributed by atoms with E-state index in [0.717, 1.165) is 32.4 Å². The molecular formula is C11H24N2O3S. The monoisotopic (exact) mass is 264 g/mol. The van der Waals surface area contributed by atoms with Crippen molar-refractivity contribution in [1.29, 1.82) is 0 Å². The molecular weight excluding hydrogens is 240 g/mol. The second-order valence-electron chi connectivity index (χ2n) is 4.97. The van der Waals surface area contributed by atoms with Gasteiger partial charge >= 0.3 is 0 Å². The topological polar surface area (TPSA) is 60.9 Å². The van der Waals surface area contributed by atoms with E-state index < -0.39 is 10.0 Å². The lowest BCUT2D eigenvalue weighted by Gasteiger charge is -2.33. The molecule has 0 aromatic carbocycles. The van der Waals surface area contributed by atoms with Gasteiger partial charge in [0.2, 0.25) is 10.0 Å². The molecule has 17 heavy (non-hydrogen) atoms. The number of sulfonamides is 1. The van der Waals surface area contributed by atoms with Crippen molar-refractivity contribution in [2.24, 2.45) is 5.92 Å². The molecule has 0 aliphatic carbocycles. The van der Waals surface area contributed by atoms with Crippen molar-refractivity contribution in [3.63, 3.8) is 0 Å². The second-order valence-corrected chi connectivity index (χ2v) is 6.95. The third-order valence-corrected chi connectivity index (χ3v) is 4.49. The van der Waals surface area contributed by atoms with E-state index in [1.54, 1.807) is 4.31 Å². The highest BCUT2D eigenvalue weighted by Gasteiger charge is 2.26. The van der Waals surface area contributed by atoms with Crippen molar-refractivity contribution < 1.29 is 13.5 Å². The Hall–Kier alpha value is -0.170. The Morgan fingerprint density at radius 3 is 2.76 bits per heavy atom. The molecule has 1 atom stereocenters. The average Bonchev–Trinajstić information content (AvgIpc) is 2.25. The van der Waals surface area contributed by atoms with E-state index in [-0.39, 0.29) is 6.61 Å². The first-order chi connectivity index (χ1) is 7.93. The van der Waals surface area contributed by atoms with Crippen molar-refractivity contribution in [2.75, 3.05) is 46.1 Å². The second kappa shape index (κ2) is 6.68. The smallest absolute Gasteiger partial charge is 0.211 e. The lowest BCUT2D eigenvalue weighted by molar-refractivity contribution is 0.187. The van der Waals surface area contributed by atoms with Gasteiger partial charge in [0.15, 0.2) is 0 Å². The first-order valence-corrected chi connectivity index (χ1v) is 8.03. The number of aliphatic hydroxyl groups excluding tert-OH is 1. The third kappa shape index (κ3) is 5.33. The molecule has 0 radical (unpaired) electrons. The third-order valence-electron chi connectivity index (χ3n) is 3.22. The zero-order valence-electron chi connectivity index (χ0n) is 10.8. The Balaban J connectivity index is 2.39. The zero-order valence-corrected chi connectivity index (χ0v) is 11.6. The zero-order chi connectivity index (χ0) is 12.9. The Morgan fingerprint density at radius 2 is 2.18 bits per heavy atom. The normalized spacial score (nSPS) is 23.2. The lowest BCUT2D eigenvalue weighted by atomic mass is 9.99. The maximum absolute atomic E-state index is 11.5. The summed E-state index contributed by atoms with van der Waals surface area (Å²) in [5.41, 5.74) is 0. The molecule has 0 spiro atoms. The predicted molar refractivity (Wildman–Crippen MR) is 68.3 cm³/mol. The fourth-order valence-corrected chi connectivity index (χ4v) is 3.29. The Kier molecular flexibility index (Phi) is 5.85. The van der Waals surface area contributed by atoms with Crippen LogP contribution < -0.4 is 0 Å². The van der Waals surface area contributed by atoms with Crippen molar-refractivity contribution >= 4 is 10.0 Å². The quantitative estimate of drug-likeness (QED) is 0.732. The van der Waals surface area contributed by atoms with Crippen LogP contribution >= 0.6 is 0 Å². The van der Waals surface area contributed by atoms with Crippen LogP contribution in [0.4, 0.5) is 0 Å². The Bertz CT molecular complexity index is 319. The van der Waals surface area contributed by atoms with Gasteiger partial charge in [-0.3, -0.25) is 0 Å². The van der Waals surface area contributed by atoms with Crippen molar-refractivity contribution in [1.82, 2.24) is 9.21 Å². The van der Waals surface area contributed by atoms with Gasteiger partial charge in [-0.2, -0.15) is 0 Å². The molecule has 102 valence electrons. The van der Waals surface area contributed by atoms with Gasteiger partial charge < -0.3 is 10.0 Å². The number of rotatable bonds is 6. The fraction of sp³-hybridized carbons (Fsp3) is 1.00. The molecule has 1 aliphatic heterocycles. The van der Waals surface area contributed by atoms with Crippen LogP contribution in [-0.2, 0) is 10.0 Å². The molecule has 0 aromatic heterocycles. The van der Waals surface area contributed by atoms with Crippen LogP contribution in [0.25, 0.3) is 0 Å². The summed E-state index contributed by atoms with van der Waals surface area (Å²) in [7, 11) is -1.01. The van der Waals surface area contributed by atoms with Gasteiger partial charge in [-0.1, -0.05) is 0 Å². The van der Waals surface area contributed by atoms with Gasteiger partial charge in [0.1, 0.15) is 0 Å². The van der Waals surface area contributed by atoms with E-state index in [1.807, 2.05) is 7.05 Å². The minimum atomic E-state index is -3.04. The van der Waals surface area contributed by atoms with Crippen LogP contribution in [-0.4, -0.2) is 68.8 Å². The van der Waals surface area contributed by atoms with Crippen LogP contribution in [0, 0.1) is 5.92 Å². The highest BCUT2D eigenvalue weighted by molar-refractivity contribution is 7.88. The van der Waals surface area contributed by atoms with Gasteiger partial charge in [-0.15, -0.1) is 0 Å². The SMILES string of the molecule is CN(CCCO)CC1CCCN(S(C)(=O)=O)C1. The molecule has 1 heterocycles. The number of nitrogens with zero attached hydrogens (tertiary/aromatic N) is 2. The molecule has 1 rings (SSSR count). The van der Waals surface area contributed by atoms with Crippen molar-refractivity contribution in [2.45, 2.75) is 19.3 Å². The largest absolute Gasteiger partial charge is 0.396 e. The van der Waals surface area contributed by atoms with Gasteiger partial charge in [0.05, 0.1) is 6.26 Å². The van der Waals surface area contributed by atoms with Crippen LogP contribution in [0.1, 0.15) is 19.3 Å². The Morgan fingerprint density at radius 1 is 1.47 bits per heavy atom. The molecule has 1 aliphatic rings. The summed E-state index contributed by atoms with van der Waals surface area (Å²) >= 11 is 0. The fourth-order valence-electron chi connectivity index (χ4n) is 2.35. The maximum atomic E-state index is 11.5. The van der Waals surface area contributed by atoms with Gasteiger partial charge in [-0.05, 0) is 32.2 Å². The molecule has 0 saturated carbocycles. The van der Waals surface area contributed by atoms with Gasteiger partial charge in [0, 0.05) is 32.8 Å². The molecule has 0 amide bonds. The molecule has 6 heteroatoms. The molecule has 1 saturated heterocycles. The summed E-state index contributed by atoms with van der Waals surface area (Å²) in [6, 6.07) is 0. The minimum Gasteiger partial charge on any atom is -0.396 e. The summed E-state index contributed by atoms with van der Waals surface area (Å²) in [6.07, 6.45) is 4.10. The lowest BCUT2D eigenvalue weighted by Crippen LogP contribution is -2.42. The summed E-state index contributed by atoms with van der Waals surface area (Å²) < 4.78 is 24.5. The highest BCUT2D eigenvalue weighted by atomic mass is 32.2. The van der Waals surface area contributed by atoms with Crippen molar-refractivity contribution in [3.05, 3.63) is 0 Å². The molecule has 1 unspecified atom stereocenters. The van der Waals surface area contributed by atoms with E-state index in [9.17, 15) is 8.42 Å². The van der Waals surface area contributed by atoms with E-state index >= 15 is 0 Å². The average molecular weight is 264 g/mol. The molecule has 0 bridgehead atoms. The molecule has 1 fully saturated rings. The highest BCUT2D eigenvalue weighted by Crippen LogP contribution is 2.19. The van der Waals surface area contributed by atoms with Crippen LogP contribution in [0.2, 0.25) is 0 Å². The van der Waals surface area contributed by atoms with E-state index in [4.69, 9.17) is 5.11 Å². The molecule has 0 aromatic rings. The van der Waals surface area contributed by atoms with E-state index in [1.165, 1.54) is 6.26 Å². The predicted octanol–water partition coefficient (Wildman–Crippen LogP) is -0.0278. The standard InChI is InChI=1S/C11H24N2O3S/c1-12(6-4-8-14)9-11-5-3-7-13(10-11)17(2,15)16/h11,14H,3-10H2,1-2H3. The summed E-state index contributed by atoms with van der Waals surface area (Å²) in [5.74, 6) is 0.419. The number of aliphatic hydroxyl groups is 1. The molecule has 5 nitrogen and oxygen atoms in total. The Labute approximate surface area is 104 Å². The summed E-state index contributed by atoms with van der Waals surface area (Å²) in [5, 5.41) is 8.76.